The molecule has 2 aromatic rings. The number of benzene rings is 2. The minimum Gasteiger partial charge on any atom is -0.465 e. The molecule has 1 fully saturated rings. The van der Waals surface area contributed by atoms with E-state index in [0.29, 0.717) is 17.7 Å². The Bertz CT molecular complexity index is 893. The number of carbonyl (C=O) groups excluding carboxylic acids is 3. The summed E-state index contributed by atoms with van der Waals surface area (Å²) in [5.41, 5.74) is 2.56. The third kappa shape index (κ3) is 3.69. The van der Waals surface area contributed by atoms with Gasteiger partial charge in [0.05, 0.1) is 18.7 Å². The van der Waals surface area contributed by atoms with Gasteiger partial charge in [-0.25, -0.2) is 4.79 Å². The van der Waals surface area contributed by atoms with Crippen LogP contribution < -0.4 is 4.90 Å². The summed E-state index contributed by atoms with van der Waals surface area (Å²) >= 11 is 0. The van der Waals surface area contributed by atoms with E-state index in [2.05, 4.69) is 0 Å². The molecule has 0 spiro atoms. The van der Waals surface area contributed by atoms with Crippen LogP contribution >= 0.6 is 0 Å². The van der Waals surface area contributed by atoms with Crippen LogP contribution in [0, 0.1) is 6.92 Å². The molecule has 0 saturated carbocycles. The molecule has 1 atom stereocenters. The van der Waals surface area contributed by atoms with Crippen molar-refractivity contribution in [3.8, 4) is 0 Å². The fraction of sp³-hybridized carbons (Fsp3) is 0.286. The Hall–Kier alpha value is -3.15. The van der Waals surface area contributed by atoms with E-state index in [-0.39, 0.29) is 24.4 Å². The number of methoxy groups -OCH3 is 1. The maximum absolute atomic E-state index is 12.9. The first kappa shape index (κ1) is 18.6. The van der Waals surface area contributed by atoms with E-state index in [4.69, 9.17) is 4.74 Å². The van der Waals surface area contributed by atoms with E-state index in [9.17, 15) is 14.4 Å². The van der Waals surface area contributed by atoms with Crippen LogP contribution in [0.15, 0.2) is 48.5 Å². The van der Waals surface area contributed by atoms with Crippen molar-refractivity contribution in [1.29, 1.82) is 0 Å². The lowest BCUT2D eigenvalue weighted by atomic mass is 10.1. The highest BCUT2D eigenvalue weighted by Gasteiger charge is 2.34. The number of carbonyl (C=O) groups is 3. The van der Waals surface area contributed by atoms with E-state index in [0.717, 1.165) is 11.3 Å². The lowest BCUT2D eigenvalue weighted by Gasteiger charge is -2.40. The maximum atomic E-state index is 12.9. The average Bonchev–Trinajstić information content (AvgIpc) is 2.67. The van der Waals surface area contributed by atoms with Crippen molar-refractivity contribution in [1.82, 2.24) is 4.90 Å². The first-order valence-electron chi connectivity index (χ1n) is 8.77. The Morgan fingerprint density at radius 2 is 1.78 bits per heavy atom. The van der Waals surface area contributed by atoms with Gasteiger partial charge in [0.15, 0.2) is 0 Å². The van der Waals surface area contributed by atoms with Crippen molar-refractivity contribution >= 4 is 23.5 Å². The van der Waals surface area contributed by atoms with Gasteiger partial charge in [-0.1, -0.05) is 24.3 Å². The third-order valence-electron chi connectivity index (χ3n) is 4.71. The van der Waals surface area contributed by atoms with Gasteiger partial charge in [-0.2, -0.15) is 0 Å². The normalized spacial score (nSPS) is 17.0. The van der Waals surface area contributed by atoms with E-state index in [1.165, 1.54) is 18.1 Å². The zero-order chi connectivity index (χ0) is 19.6. The highest BCUT2D eigenvalue weighted by atomic mass is 16.5. The monoisotopic (exact) mass is 366 g/mol. The van der Waals surface area contributed by atoms with Crippen molar-refractivity contribution in [2.24, 2.45) is 0 Å². The largest absolute Gasteiger partial charge is 0.465 e. The molecule has 0 N–H and O–H groups in total. The summed E-state index contributed by atoms with van der Waals surface area (Å²) in [4.78, 5) is 40.6. The van der Waals surface area contributed by atoms with Gasteiger partial charge < -0.3 is 14.5 Å². The number of nitrogens with zero attached hydrogens (tertiary/aromatic N) is 2. The number of esters is 1. The molecule has 0 bridgehead atoms. The van der Waals surface area contributed by atoms with Gasteiger partial charge in [0.1, 0.15) is 6.54 Å². The zero-order valence-corrected chi connectivity index (χ0v) is 15.6. The van der Waals surface area contributed by atoms with Crippen molar-refractivity contribution in [2.75, 3.05) is 25.1 Å². The molecular formula is C21H22N2O4. The quantitative estimate of drug-likeness (QED) is 0.784. The minimum absolute atomic E-state index is 0.0000402. The fourth-order valence-corrected chi connectivity index (χ4v) is 3.39. The Balaban J connectivity index is 1.81. The Morgan fingerprint density at radius 1 is 1.07 bits per heavy atom. The number of piperazine rings is 1. The summed E-state index contributed by atoms with van der Waals surface area (Å²) in [7, 11) is 1.29. The highest BCUT2D eigenvalue weighted by Crippen LogP contribution is 2.25. The number of hydrogen-bond donors (Lipinski definition) is 0. The van der Waals surface area contributed by atoms with Crippen molar-refractivity contribution in [3.05, 3.63) is 65.2 Å². The second kappa shape index (κ2) is 7.61. The summed E-state index contributed by atoms with van der Waals surface area (Å²) in [6, 6.07) is 13.9. The number of rotatable bonds is 3. The summed E-state index contributed by atoms with van der Waals surface area (Å²) < 4.78 is 4.70. The van der Waals surface area contributed by atoms with Crippen molar-refractivity contribution in [2.45, 2.75) is 19.9 Å². The average molecular weight is 366 g/mol. The first-order chi connectivity index (χ1) is 12.9. The van der Waals surface area contributed by atoms with Crippen LogP contribution in [0.25, 0.3) is 0 Å². The van der Waals surface area contributed by atoms with Crippen LogP contribution in [0.5, 0.6) is 0 Å². The minimum atomic E-state index is -0.501. The van der Waals surface area contributed by atoms with Crippen LogP contribution in [0.3, 0.4) is 0 Å². The number of para-hydroxylation sites is 1. The predicted molar refractivity (Wildman–Crippen MR) is 102 cm³/mol. The van der Waals surface area contributed by atoms with E-state index >= 15 is 0 Å². The van der Waals surface area contributed by atoms with Gasteiger partial charge in [-0.3, -0.25) is 9.59 Å². The van der Waals surface area contributed by atoms with Gasteiger partial charge in [-0.15, -0.1) is 0 Å². The molecule has 1 saturated heterocycles. The molecule has 140 valence electrons. The van der Waals surface area contributed by atoms with Crippen LogP contribution in [0.1, 0.15) is 33.2 Å². The fourth-order valence-electron chi connectivity index (χ4n) is 3.39. The van der Waals surface area contributed by atoms with Gasteiger partial charge in [-0.05, 0) is 43.7 Å². The molecule has 1 aliphatic rings. The molecule has 2 aromatic carbocycles. The number of hydrogen-bond acceptors (Lipinski definition) is 4. The standard InChI is InChI=1S/C21H22N2O4/c1-14-7-4-5-10-18(14)23-15(2)12-22(13-19(23)24)20(25)16-8-6-9-17(11-16)21(26)27-3/h4-11,15H,12-13H2,1-3H3. The zero-order valence-electron chi connectivity index (χ0n) is 15.6. The van der Waals surface area contributed by atoms with Crippen LogP contribution in [0.4, 0.5) is 5.69 Å². The predicted octanol–water partition coefficient (Wildman–Crippen LogP) is 2.66. The molecule has 6 heteroatoms. The summed E-state index contributed by atoms with van der Waals surface area (Å²) in [5.74, 6) is -0.899. The van der Waals surface area contributed by atoms with E-state index in [1.807, 2.05) is 38.1 Å². The molecule has 0 radical (unpaired) electrons. The Kier molecular flexibility index (Phi) is 5.26. The van der Waals surface area contributed by atoms with Crippen LogP contribution in [0.2, 0.25) is 0 Å². The second-order valence-electron chi connectivity index (χ2n) is 6.66. The van der Waals surface area contributed by atoms with Gasteiger partial charge in [0, 0.05) is 17.8 Å². The molecule has 2 amide bonds. The number of anilines is 1. The van der Waals surface area contributed by atoms with Crippen LogP contribution in [-0.2, 0) is 9.53 Å². The molecule has 27 heavy (non-hydrogen) atoms. The second-order valence-corrected chi connectivity index (χ2v) is 6.66. The smallest absolute Gasteiger partial charge is 0.337 e. The maximum Gasteiger partial charge on any atom is 0.337 e. The number of aryl methyl sites for hydroxylation is 1. The lowest BCUT2D eigenvalue weighted by molar-refractivity contribution is -0.121. The Morgan fingerprint density at radius 3 is 2.44 bits per heavy atom. The van der Waals surface area contributed by atoms with Gasteiger partial charge in [0.25, 0.3) is 5.91 Å². The SMILES string of the molecule is COC(=O)c1cccc(C(=O)N2CC(=O)N(c3ccccc3C)C(C)C2)c1. The topological polar surface area (TPSA) is 66.9 Å². The molecule has 1 heterocycles. The van der Waals surface area contributed by atoms with Crippen molar-refractivity contribution < 1.29 is 19.1 Å². The van der Waals surface area contributed by atoms with Gasteiger partial charge >= 0.3 is 5.97 Å². The summed E-state index contributed by atoms with van der Waals surface area (Å²) in [6.07, 6.45) is 0. The molecule has 1 unspecified atom stereocenters. The molecule has 3 rings (SSSR count). The van der Waals surface area contributed by atoms with Crippen LogP contribution in [-0.4, -0.2) is 48.9 Å². The molecule has 6 nitrogen and oxygen atoms in total. The molecule has 1 aliphatic heterocycles. The summed E-state index contributed by atoms with van der Waals surface area (Å²) in [6.45, 7) is 4.31. The van der Waals surface area contributed by atoms with E-state index in [1.54, 1.807) is 23.1 Å². The first-order valence-corrected chi connectivity index (χ1v) is 8.77. The van der Waals surface area contributed by atoms with E-state index < -0.39 is 5.97 Å². The number of ether oxygens (including phenoxy) is 1. The van der Waals surface area contributed by atoms with Gasteiger partial charge in [0.2, 0.25) is 5.91 Å². The van der Waals surface area contributed by atoms with Crippen molar-refractivity contribution in [3.63, 3.8) is 0 Å². The molecule has 0 aromatic heterocycles. The highest BCUT2D eigenvalue weighted by molar-refractivity contribution is 6.03. The molecule has 0 aliphatic carbocycles. The Labute approximate surface area is 158 Å². The summed E-state index contributed by atoms with van der Waals surface area (Å²) in [5, 5.41) is 0. The third-order valence-corrected chi connectivity index (χ3v) is 4.71. The molecular weight excluding hydrogens is 344 g/mol. The number of amides is 2. The lowest BCUT2D eigenvalue weighted by Crippen LogP contribution is -2.57.